The Morgan fingerprint density at radius 2 is 2.19 bits per heavy atom. The average molecular weight is 408 g/mol. The number of amides is 2. The van der Waals surface area contributed by atoms with Gasteiger partial charge < -0.3 is 10.1 Å². The van der Waals surface area contributed by atoms with Gasteiger partial charge in [0.15, 0.2) is 11.7 Å². The van der Waals surface area contributed by atoms with E-state index >= 15 is 0 Å². The number of nitrogens with one attached hydrogen (secondary N) is 1. The largest absolute Gasteiger partial charge is 0.440 e. The van der Waals surface area contributed by atoms with Crippen molar-refractivity contribution in [3.63, 3.8) is 0 Å². The molecule has 0 aliphatic carbocycles. The van der Waals surface area contributed by atoms with Gasteiger partial charge in [0.05, 0.1) is 10.2 Å². The predicted octanol–water partition coefficient (Wildman–Crippen LogP) is 4.05. The third-order valence-electron chi connectivity index (χ3n) is 3.73. The fourth-order valence-corrected chi connectivity index (χ4v) is 3.77. The summed E-state index contributed by atoms with van der Waals surface area (Å²) in [7, 11) is 0. The molecule has 1 aromatic heterocycles. The number of benzene rings is 1. The number of alkyl halides is 3. The van der Waals surface area contributed by atoms with E-state index in [0.29, 0.717) is 28.5 Å². The highest BCUT2D eigenvalue weighted by atomic mass is 35.5. The van der Waals surface area contributed by atoms with E-state index in [9.17, 15) is 22.8 Å². The van der Waals surface area contributed by atoms with E-state index < -0.39 is 30.8 Å². The third-order valence-corrected chi connectivity index (χ3v) is 4.90. The fourth-order valence-electron chi connectivity index (χ4n) is 2.62. The van der Waals surface area contributed by atoms with Crippen molar-refractivity contribution in [1.82, 2.24) is 9.88 Å². The minimum absolute atomic E-state index is 0.157. The Morgan fingerprint density at radius 3 is 2.92 bits per heavy atom. The van der Waals surface area contributed by atoms with Crippen molar-refractivity contribution < 1.29 is 27.5 Å². The first-order valence-corrected chi connectivity index (χ1v) is 8.79. The second-order valence-electron chi connectivity index (χ2n) is 5.64. The normalized spacial score (nSPS) is 17.5. The number of likely N-dealkylation sites (tertiary alicyclic amines) is 1. The van der Waals surface area contributed by atoms with Crippen molar-refractivity contribution >= 4 is 50.3 Å². The van der Waals surface area contributed by atoms with Gasteiger partial charge >= 0.3 is 12.3 Å². The Morgan fingerprint density at radius 1 is 1.42 bits per heavy atom. The van der Waals surface area contributed by atoms with Crippen LogP contribution in [0.3, 0.4) is 0 Å². The molecule has 0 saturated carbocycles. The highest BCUT2D eigenvalue weighted by Crippen LogP contribution is 2.29. The van der Waals surface area contributed by atoms with Crippen LogP contribution in [0.15, 0.2) is 18.2 Å². The summed E-state index contributed by atoms with van der Waals surface area (Å²) in [6, 6.07) is 4.19. The topological polar surface area (TPSA) is 71.5 Å². The molecule has 1 saturated heterocycles. The van der Waals surface area contributed by atoms with Crippen LogP contribution in [0.5, 0.6) is 0 Å². The standard InChI is InChI=1S/C15H13ClF3N3O3S/c16-8-3-4-9-11(6-8)26-13(20-9)21-12(23)10-2-1-5-22(10)14(24)25-7-15(17,18)19/h3-4,6,10H,1-2,5,7H2,(H,20,21,23). The minimum Gasteiger partial charge on any atom is -0.440 e. The molecule has 26 heavy (non-hydrogen) atoms. The molecule has 1 aromatic carbocycles. The number of fused-ring (bicyclic) bond motifs is 1. The molecule has 0 bridgehead atoms. The fraction of sp³-hybridized carbons (Fsp3) is 0.400. The van der Waals surface area contributed by atoms with Crippen LogP contribution >= 0.6 is 22.9 Å². The SMILES string of the molecule is O=C(Nc1nc2ccc(Cl)cc2s1)C1CCCN1C(=O)OCC(F)(F)F. The number of hydrogen-bond donors (Lipinski definition) is 1. The van der Waals surface area contributed by atoms with Gasteiger partial charge in [0.2, 0.25) is 5.91 Å². The highest BCUT2D eigenvalue weighted by molar-refractivity contribution is 7.22. The quantitative estimate of drug-likeness (QED) is 0.833. The molecule has 140 valence electrons. The van der Waals surface area contributed by atoms with Crippen LogP contribution in [0.1, 0.15) is 12.8 Å². The number of nitrogens with zero attached hydrogens (tertiary/aromatic N) is 2. The Bertz CT molecular complexity index is 842. The van der Waals surface area contributed by atoms with E-state index in [1.165, 1.54) is 11.3 Å². The van der Waals surface area contributed by atoms with Crippen molar-refractivity contribution in [3.8, 4) is 0 Å². The van der Waals surface area contributed by atoms with E-state index in [1.54, 1.807) is 18.2 Å². The maximum atomic E-state index is 12.4. The first kappa shape index (κ1) is 18.7. The zero-order chi connectivity index (χ0) is 18.9. The molecule has 1 atom stereocenters. The summed E-state index contributed by atoms with van der Waals surface area (Å²) in [5, 5.41) is 3.46. The molecule has 2 aromatic rings. The molecule has 1 fully saturated rings. The first-order valence-electron chi connectivity index (χ1n) is 7.60. The van der Waals surface area contributed by atoms with Gasteiger partial charge in [-0.2, -0.15) is 13.2 Å². The molecule has 1 unspecified atom stereocenters. The van der Waals surface area contributed by atoms with E-state index in [-0.39, 0.29) is 6.54 Å². The summed E-state index contributed by atoms with van der Waals surface area (Å²) >= 11 is 7.12. The molecule has 1 aliphatic heterocycles. The molecule has 0 radical (unpaired) electrons. The number of hydrogen-bond acceptors (Lipinski definition) is 5. The molecule has 0 spiro atoms. The Balaban J connectivity index is 1.66. The minimum atomic E-state index is -4.62. The second-order valence-corrected chi connectivity index (χ2v) is 7.11. The second kappa shape index (κ2) is 7.28. The number of aromatic nitrogens is 1. The maximum Gasteiger partial charge on any atom is 0.422 e. The number of anilines is 1. The van der Waals surface area contributed by atoms with Crippen LogP contribution in [-0.4, -0.2) is 47.3 Å². The lowest BCUT2D eigenvalue weighted by Crippen LogP contribution is -2.44. The van der Waals surface area contributed by atoms with E-state index in [0.717, 1.165) is 9.60 Å². The molecule has 6 nitrogen and oxygen atoms in total. The summed E-state index contributed by atoms with van der Waals surface area (Å²) in [6.07, 6.45) is -4.94. The van der Waals surface area contributed by atoms with Gasteiger partial charge in [0, 0.05) is 11.6 Å². The van der Waals surface area contributed by atoms with Crippen LogP contribution in [0.4, 0.5) is 23.1 Å². The van der Waals surface area contributed by atoms with Gasteiger partial charge in [0.1, 0.15) is 6.04 Å². The molecular formula is C15H13ClF3N3O3S. The summed E-state index contributed by atoms with van der Waals surface area (Å²) in [5.74, 6) is -0.517. The summed E-state index contributed by atoms with van der Waals surface area (Å²) < 4.78 is 41.6. The van der Waals surface area contributed by atoms with Crippen LogP contribution in [0.25, 0.3) is 10.2 Å². The molecule has 1 N–H and O–H groups in total. The number of thiazole rings is 1. The number of halogens is 4. The van der Waals surface area contributed by atoms with Crippen LogP contribution in [0, 0.1) is 0 Å². The van der Waals surface area contributed by atoms with Crippen molar-refractivity contribution in [1.29, 1.82) is 0 Å². The molecule has 3 rings (SSSR count). The van der Waals surface area contributed by atoms with Crippen LogP contribution in [0.2, 0.25) is 5.02 Å². The van der Waals surface area contributed by atoms with Gasteiger partial charge in [-0.15, -0.1) is 0 Å². The maximum absolute atomic E-state index is 12.4. The monoisotopic (exact) mass is 407 g/mol. The molecule has 2 amide bonds. The summed E-state index contributed by atoms with van der Waals surface area (Å²) in [6.45, 7) is -1.53. The Labute approximate surface area is 154 Å². The molecule has 2 heterocycles. The lowest BCUT2D eigenvalue weighted by molar-refractivity contribution is -0.162. The lowest BCUT2D eigenvalue weighted by atomic mass is 10.2. The predicted molar refractivity (Wildman–Crippen MR) is 90.4 cm³/mol. The van der Waals surface area contributed by atoms with Crippen molar-refractivity contribution in [2.24, 2.45) is 0 Å². The number of carbonyl (C=O) groups excluding carboxylic acids is 2. The van der Waals surface area contributed by atoms with Gasteiger partial charge in [-0.25, -0.2) is 9.78 Å². The summed E-state index contributed by atoms with van der Waals surface area (Å²) in [4.78, 5) is 29.5. The van der Waals surface area contributed by atoms with Crippen molar-refractivity contribution in [2.45, 2.75) is 25.1 Å². The van der Waals surface area contributed by atoms with Gasteiger partial charge in [-0.3, -0.25) is 9.69 Å². The smallest absolute Gasteiger partial charge is 0.422 e. The van der Waals surface area contributed by atoms with Crippen LogP contribution < -0.4 is 5.32 Å². The third kappa shape index (κ3) is 4.36. The van der Waals surface area contributed by atoms with E-state index in [4.69, 9.17) is 11.6 Å². The highest BCUT2D eigenvalue weighted by Gasteiger charge is 2.37. The van der Waals surface area contributed by atoms with Gasteiger partial charge in [0.25, 0.3) is 0 Å². The first-order chi connectivity index (χ1) is 12.2. The Kier molecular flexibility index (Phi) is 5.24. The van der Waals surface area contributed by atoms with E-state index in [1.807, 2.05) is 0 Å². The average Bonchev–Trinajstić information content (AvgIpc) is 3.17. The van der Waals surface area contributed by atoms with E-state index in [2.05, 4.69) is 15.0 Å². The van der Waals surface area contributed by atoms with Gasteiger partial charge in [-0.1, -0.05) is 22.9 Å². The lowest BCUT2D eigenvalue weighted by Gasteiger charge is -2.23. The van der Waals surface area contributed by atoms with Crippen molar-refractivity contribution in [2.75, 3.05) is 18.5 Å². The summed E-state index contributed by atoms with van der Waals surface area (Å²) in [5.41, 5.74) is 0.655. The molecule has 1 aliphatic rings. The molecular weight excluding hydrogens is 395 g/mol. The molecule has 11 heteroatoms. The number of ether oxygens (including phenoxy) is 1. The van der Waals surface area contributed by atoms with Crippen LogP contribution in [-0.2, 0) is 9.53 Å². The zero-order valence-electron chi connectivity index (χ0n) is 13.2. The van der Waals surface area contributed by atoms with Gasteiger partial charge in [-0.05, 0) is 31.0 Å². The Hall–Kier alpha value is -2.07. The number of rotatable bonds is 3. The zero-order valence-corrected chi connectivity index (χ0v) is 14.7. The van der Waals surface area contributed by atoms with Crippen molar-refractivity contribution in [3.05, 3.63) is 23.2 Å². The number of carbonyl (C=O) groups is 2.